The Balaban J connectivity index is 2.31. The molecule has 2 amide bonds. The van der Waals surface area contributed by atoms with Gasteiger partial charge in [0.2, 0.25) is 5.91 Å². The Labute approximate surface area is 94.5 Å². The van der Waals surface area contributed by atoms with Crippen molar-refractivity contribution in [2.45, 2.75) is 6.42 Å². The third-order valence-electron chi connectivity index (χ3n) is 1.95. The summed E-state index contributed by atoms with van der Waals surface area (Å²) in [4.78, 5) is 26.3. The van der Waals surface area contributed by atoms with E-state index in [0.29, 0.717) is 15.9 Å². The summed E-state index contributed by atoms with van der Waals surface area (Å²) in [6.07, 6.45) is 1.75. The Morgan fingerprint density at radius 2 is 2.20 bits per heavy atom. The Hall–Kier alpha value is -1.49. The Morgan fingerprint density at radius 3 is 2.80 bits per heavy atom. The summed E-state index contributed by atoms with van der Waals surface area (Å²) < 4.78 is 0.696. The van der Waals surface area contributed by atoms with Crippen molar-refractivity contribution >= 4 is 33.8 Å². The number of carbonyl (C=O) groups excluding carboxylic acids is 2. The third kappa shape index (κ3) is 2.30. The van der Waals surface area contributed by atoms with Gasteiger partial charge >= 0.3 is 0 Å². The van der Waals surface area contributed by atoms with Crippen LogP contribution in [-0.2, 0) is 9.59 Å². The molecule has 1 N–H and O–H groups in total. The lowest BCUT2D eigenvalue weighted by Gasteiger charge is -1.95. The lowest BCUT2D eigenvalue weighted by Crippen LogP contribution is -2.19. The first-order valence-corrected chi connectivity index (χ1v) is 5.12. The number of pyridine rings is 1. The molecule has 2 rings (SSSR count). The maximum atomic E-state index is 11.2. The van der Waals surface area contributed by atoms with Gasteiger partial charge in [0.1, 0.15) is 4.60 Å². The molecule has 1 aromatic heterocycles. The molecule has 0 bridgehead atoms. The lowest BCUT2D eigenvalue weighted by molar-refractivity contribution is -0.124. The average molecular weight is 267 g/mol. The van der Waals surface area contributed by atoms with Gasteiger partial charge in [-0.3, -0.25) is 14.9 Å². The average Bonchev–Trinajstić information content (AvgIpc) is 2.45. The molecule has 1 saturated heterocycles. The molecule has 1 fully saturated rings. The molecule has 0 aliphatic carbocycles. The zero-order chi connectivity index (χ0) is 10.8. The minimum absolute atomic E-state index is 0.132. The second-order valence-electron chi connectivity index (χ2n) is 3.11. The van der Waals surface area contributed by atoms with Crippen LogP contribution in [0.5, 0.6) is 0 Å². The van der Waals surface area contributed by atoms with E-state index >= 15 is 0 Å². The standard InChI is InChI=1S/C10H7BrN2O2/c11-8-3-1-2-7(12-8)4-6-5-9(14)13-10(6)15/h1-4H,5H2,(H,13,14,15). The van der Waals surface area contributed by atoms with Crippen LogP contribution in [0.15, 0.2) is 28.4 Å². The van der Waals surface area contributed by atoms with E-state index in [1.165, 1.54) is 0 Å². The van der Waals surface area contributed by atoms with Gasteiger partial charge in [-0.1, -0.05) is 6.07 Å². The van der Waals surface area contributed by atoms with Crippen molar-refractivity contribution in [3.8, 4) is 0 Å². The normalized spacial score (nSPS) is 18.3. The summed E-state index contributed by atoms with van der Waals surface area (Å²) in [6, 6.07) is 5.38. The topological polar surface area (TPSA) is 59.1 Å². The number of aromatic nitrogens is 1. The summed E-state index contributed by atoms with van der Waals surface area (Å²) >= 11 is 3.23. The van der Waals surface area contributed by atoms with Crippen molar-refractivity contribution in [3.63, 3.8) is 0 Å². The summed E-state index contributed by atoms with van der Waals surface area (Å²) in [5.74, 6) is -0.594. The molecule has 1 aliphatic heterocycles. The van der Waals surface area contributed by atoms with Crippen LogP contribution in [0, 0.1) is 0 Å². The van der Waals surface area contributed by atoms with E-state index in [1.807, 2.05) is 6.07 Å². The predicted octanol–water partition coefficient (Wildman–Crippen LogP) is 1.27. The number of nitrogens with zero attached hydrogens (tertiary/aromatic N) is 1. The molecule has 0 spiro atoms. The fourth-order valence-corrected chi connectivity index (χ4v) is 1.66. The van der Waals surface area contributed by atoms with Crippen molar-refractivity contribution in [2.24, 2.45) is 0 Å². The summed E-state index contributed by atoms with van der Waals surface area (Å²) in [7, 11) is 0. The fraction of sp³-hybridized carbons (Fsp3) is 0.100. The summed E-state index contributed by atoms with van der Waals surface area (Å²) in [5, 5.41) is 2.22. The second kappa shape index (κ2) is 3.94. The van der Waals surface area contributed by atoms with Crippen molar-refractivity contribution in [1.82, 2.24) is 10.3 Å². The van der Waals surface area contributed by atoms with Crippen LogP contribution < -0.4 is 5.32 Å². The molecule has 1 aromatic rings. The van der Waals surface area contributed by atoms with Crippen LogP contribution in [0.1, 0.15) is 12.1 Å². The fourth-order valence-electron chi connectivity index (χ4n) is 1.30. The molecule has 0 atom stereocenters. The van der Waals surface area contributed by atoms with Gasteiger partial charge in [-0.15, -0.1) is 0 Å². The van der Waals surface area contributed by atoms with E-state index in [0.717, 1.165) is 0 Å². The number of hydrogen-bond donors (Lipinski definition) is 1. The quantitative estimate of drug-likeness (QED) is 0.473. The Kier molecular flexibility index (Phi) is 2.64. The molecule has 76 valence electrons. The van der Waals surface area contributed by atoms with Gasteiger partial charge in [0.05, 0.1) is 12.1 Å². The van der Waals surface area contributed by atoms with Gasteiger partial charge in [-0.2, -0.15) is 0 Å². The van der Waals surface area contributed by atoms with Crippen molar-refractivity contribution in [1.29, 1.82) is 0 Å². The van der Waals surface area contributed by atoms with Gasteiger partial charge in [0.25, 0.3) is 5.91 Å². The van der Waals surface area contributed by atoms with Crippen LogP contribution in [0.3, 0.4) is 0 Å². The van der Waals surface area contributed by atoms with Crippen molar-refractivity contribution in [2.75, 3.05) is 0 Å². The van der Waals surface area contributed by atoms with Gasteiger partial charge in [0.15, 0.2) is 0 Å². The third-order valence-corrected chi connectivity index (χ3v) is 2.40. The van der Waals surface area contributed by atoms with Crippen molar-refractivity contribution in [3.05, 3.63) is 34.1 Å². The molecule has 0 radical (unpaired) electrons. The number of halogens is 1. The van der Waals surface area contributed by atoms with E-state index in [4.69, 9.17) is 0 Å². The maximum absolute atomic E-state index is 11.2. The number of rotatable bonds is 1. The van der Waals surface area contributed by atoms with E-state index in [1.54, 1.807) is 18.2 Å². The molecule has 15 heavy (non-hydrogen) atoms. The molecule has 5 heteroatoms. The number of amides is 2. The molecule has 2 heterocycles. The second-order valence-corrected chi connectivity index (χ2v) is 3.92. The van der Waals surface area contributed by atoms with Crippen LogP contribution in [0.25, 0.3) is 6.08 Å². The van der Waals surface area contributed by atoms with Gasteiger partial charge in [0, 0.05) is 5.57 Å². The zero-order valence-corrected chi connectivity index (χ0v) is 9.24. The van der Waals surface area contributed by atoms with Crippen LogP contribution in [0.4, 0.5) is 0 Å². The Bertz CT molecular complexity index is 468. The van der Waals surface area contributed by atoms with E-state index < -0.39 is 0 Å². The van der Waals surface area contributed by atoms with E-state index in [9.17, 15) is 9.59 Å². The largest absolute Gasteiger partial charge is 0.292 e. The lowest BCUT2D eigenvalue weighted by atomic mass is 10.2. The zero-order valence-electron chi connectivity index (χ0n) is 7.66. The molecule has 4 nitrogen and oxygen atoms in total. The molecule has 0 unspecified atom stereocenters. The molecule has 1 aliphatic rings. The minimum atomic E-state index is -0.332. The molecular weight excluding hydrogens is 260 g/mol. The van der Waals surface area contributed by atoms with Gasteiger partial charge < -0.3 is 0 Å². The highest BCUT2D eigenvalue weighted by atomic mass is 79.9. The number of carbonyl (C=O) groups is 2. The first-order valence-electron chi connectivity index (χ1n) is 4.32. The monoisotopic (exact) mass is 266 g/mol. The summed E-state index contributed by atoms with van der Waals surface area (Å²) in [6.45, 7) is 0. The SMILES string of the molecule is O=C1CC(=Cc2cccc(Br)n2)C(=O)N1. The van der Waals surface area contributed by atoms with E-state index in [2.05, 4.69) is 26.2 Å². The highest BCUT2D eigenvalue weighted by Gasteiger charge is 2.23. The maximum Gasteiger partial charge on any atom is 0.254 e. The van der Waals surface area contributed by atoms with E-state index in [-0.39, 0.29) is 18.2 Å². The first kappa shape index (κ1) is 10.0. The molecular formula is C10H7BrN2O2. The Morgan fingerprint density at radius 1 is 1.40 bits per heavy atom. The first-order chi connectivity index (χ1) is 7.15. The van der Waals surface area contributed by atoms with Crippen molar-refractivity contribution < 1.29 is 9.59 Å². The predicted molar refractivity (Wildman–Crippen MR) is 57.7 cm³/mol. The highest BCUT2D eigenvalue weighted by molar-refractivity contribution is 9.10. The summed E-state index contributed by atoms with van der Waals surface area (Å²) in [5.41, 5.74) is 1.11. The minimum Gasteiger partial charge on any atom is -0.292 e. The highest BCUT2D eigenvalue weighted by Crippen LogP contribution is 2.14. The van der Waals surface area contributed by atoms with Gasteiger partial charge in [-0.05, 0) is 34.1 Å². The van der Waals surface area contributed by atoms with Crippen LogP contribution in [0.2, 0.25) is 0 Å². The number of nitrogens with one attached hydrogen (secondary N) is 1. The number of hydrogen-bond acceptors (Lipinski definition) is 3. The van der Waals surface area contributed by atoms with Crippen LogP contribution >= 0.6 is 15.9 Å². The molecule has 0 aromatic carbocycles. The number of imide groups is 1. The van der Waals surface area contributed by atoms with Crippen LogP contribution in [-0.4, -0.2) is 16.8 Å². The van der Waals surface area contributed by atoms with Gasteiger partial charge in [-0.25, -0.2) is 4.98 Å². The molecule has 0 saturated carbocycles. The smallest absolute Gasteiger partial charge is 0.254 e.